The number of amides is 3. The van der Waals surface area contributed by atoms with Crippen LogP contribution < -0.4 is 15.1 Å². The van der Waals surface area contributed by atoms with E-state index < -0.39 is 5.92 Å². The zero-order valence-corrected chi connectivity index (χ0v) is 17.8. The molecule has 1 unspecified atom stereocenters. The molecular weight excluding hydrogens is 430 g/mol. The van der Waals surface area contributed by atoms with Gasteiger partial charge in [-0.25, -0.2) is 0 Å². The molecule has 7 nitrogen and oxygen atoms in total. The zero-order chi connectivity index (χ0) is 22.2. The predicted octanol–water partition coefficient (Wildman–Crippen LogP) is 4.13. The van der Waals surface area contributed by atoms with Crippen molar-refractivity contribution in [3.8, 4) is 0 Å². The lowest BCUT2D eigenvalue weighted by Crippen LogP contribution is -2.28. The third-order valence-electron chi connectivity index (χ3n) is 5.87. The number of furan rings is 1. The van der Waals surface area contributed by atoms with Gasteiger partial charge in [0.25, 0.3) is 5.91 Å². The summed E-state index contributed by atoms with van der Waals surface area (Å²) in [6.45, 7) is 0.880. The number of nitrogens with zero attached hydrogens (tertiary/aromatic N) is 2. The molecule has 3 aromatic rings. The molecule has 0 spiro atoms. The van der Waals surface area contributed by atoms with Gasteiger partial charge in [-0.2, -0.15) is 0 Å². The summed E-state index contributed by atoms with van der Waals surface area (Å²) in [5, 5.41) is 3.47. The molecule has 2 aromatic carbocycles. The van der Waals surface area contributed by atoms with Crippen LogP contribution >= 0.6 is 11.6 Å². The van der Waals surface area contributed by atoms with Crippen LogP contribution in [0.4, 0.5) is 17.1 Å². The maximum absolute atomic E-state index is 12.8. The van der Waals surface area contributed by atoms with E-state index in [-0.39, 0.29) is 24.1 Å². The Bertz CT molecular complexity index is 1210. The van der Waals surface area contributed by atoms with Gasteiger partial charge in [-0.15, -0.1) is 0 Å². The van der Waals surface area contributed by atoms with Gasteiger partial charge in [0, 0.05) is 41.6 Å². The molecule has 1 saturated heterocycles. The van der Waals surface area contributed by atoms with E-state index in [0.29, 0.717) is 41.5 Å². The first kappa shape index (κ1) is 20.3. The topological polar surface area (TPSA) is 82.9 Å². The molecular formula is C24H20ClN3O4. The molecule has 2 aliphatic heterocycles. The van der Waals surface area contributed by atoms with Gasteiger partial charge in [0.05, 0.1) is 17.7 Å². The van der Waals surface area contributed by atoms with E-state index in [1.807, 2.05) is 12.1 Å². The summed E-state index contributed by atoms with van der Waals surface area (Å²) in [4.78, 5) is 41.3. The maximum atomic E-state index is 12.8. The number of fused-ring (bicyclic) bond motifs is 1. The number of hydrogen-bond acceptors (Lipinski definition) is 4. The van der Waals surface area contributed by atoms with E-state index in [2.05, 4.69) is 5.32 Å². The lowest BCUT2D eigenvalue weighted by atomic mass is 10.1. The minimum Gasteiger partial charge on any atom is -0.472 e. The molecule has 162 valence electrons. The Labute approximate surface area is 189 Å². The van der Waals surface area contributed by atoms with Crippen molar-refractivity contribution in [3.05, 3.63) is 77.2 Å². The highest BCUT2D eigenvalue weighted by Gasteiger charge is 2.35. The van der Waals surface area contributed by atoms with Crippen LogP contribution in [-0.2, 0) is 16.0 Å². The second-order valence-electron chi connectivity index (χ2n) is 7.94. The Hall–Kier alpha value is -3.58. The summed E-state index contributed by atoms with van der Waals surface area (Å²) < 4.78 is 5.01. The number of benzene rings is 2. The summed E-state index contributed by atoms with van der Waals surface area (Å²) in [5.41, 5.74) is 3.67. The fourth-order valence-electron chi connectivity index (χ4n) is 4.25. The molecule has 0 radical (unpaired) electrons. The Morgan fingerprint density at radius 1 is 1.12 bits per heavy atom. The highest BCUT2D eigenvalue weighted by molar-refractivity contribution is 6.31. The quantitative estimate of drug-likeness (QED) is 0.649. The van der Waals surface area contributed by atoms with Gasteiger partial charge in [-0.1, -0.05) is 17.7 Å². The molecule has 0 saturated carbocycles. The summed E-state index contributed by atoms with van der Waals surface area (Å²) in [7, 11) is 0. The van der Waals surface area contributed by atoms with Gasteiger partial charge in [-0.05, 0) is 54.4 Å². The largest absolute Gasteiger partial charge is 0.472 e. The average Bonchev–Trinajstić information content (AvgIpc) is 3.53. The first-order valence-corrected chi connectivity index (χ1v) is 10.7. The van der Waals surface area contributed by atoms with Crippen LogP contribution in [-0.4, -0.2) is 30.8 Å². The van der Waals surface area contributed by atoms with Gasteiger partial charge >= 0.3 is 0 Å². The second kappa shape index (κ2) is 8.16. The molecule has 5 rings (SSSR count). The molecule has 1 N–H and O–H groups in total. The van der Waals surface area contributed by atoms with Crippen LogP contribution in [0.5, 0.6) is 0 Å². The Balaban J connectivity index is 1.27. The number of carbonyl (C=O) groups excluding carboxylic acids is 3. The molecule has 2 aliphatic rings. The third kappa shape index (κ3) is 3.76. The van der Waals surface area contributed by atoms with Crippen LogP contribution in [0.15, 0.2) is 65.5 Å². The minimum absolute atomic E-state index is 0.102. The van der Waals surface area contributed by atoms with Crippen LogP contribution in [0.3, 0.4) is 0 Å². The zero-order valence-electron chi connectivity index (χ0n) is 17.1. The Morgan fingerprint density at radius 2 is 2.00 bits per heavy atom. The SMILES string of the molecule is O=C(Nc1ccc2c(c1)CCN2C(=O)c1ccoc1)C1CC(=O)N(c2cccc(Cl)c2)C1. The van der Waals surface area contributed by atoms with E-state index in [9.17, 15) is 14.4 Å². The van der Waals surface area contributed by atoms with E-state index in [4.69, 9.17) is 16.0 Å². The van der Waals surface area contributed by atoms with Crippen LogP contribution in [0.25, 0.3) is 0 Å². The molecule has 0 aliphatic carbocycles. The number of hydrogen-bond donors (Lipinski definition) is 1. The Kier molecular flexibility index (Phi) is 5.19. The first-order chi connectivity index (χ1) is 15.5. The highest BCUT2D eigenvalue weighted by Crippen LogP contribution is 2.33. The van der Waals surface area contributed by atoms with Crippen molar-refractivity contribution in [3.63, 3.8) is 0 Å². The van der Waals surface area contributed by atoms with Crippen molar-refractivity contribution >= 4 is 46.4 Å². The summed E-state index contributed by atoms with van der Waals surface area (Å²) >= 11 is 6.04. The van der Waals surface area contributed by atoms with Gasteiger partial charge in [0.1, 0.15) is 6.26 Å². The second-order valence-corrected chi connectivity index (χ2v) is 8.37. The number of rotatable bonds is 4. The average molecular weight is 450 g/mol. The number of carbonyl (C=O) groups is 3. The molecule has 0 bridgehead atoms. The number of nitrogens with one attached hydrogen (secondary N) is 1. The molecule has 1 fully saturated rings. The molecule has 3 amide bonds. The lowest BCUT2D eigenvalue weighted by molar-refractivity contribution is -0.122. The van der Waals surface area contributed by atoms with E-state index >= 15 is 0 Å². The fourth-order valence-corrected chi connectivity index (χ4v) is 4.44. The smallest absolute Gasteiger partial charge is 0.261 e. The first-order valence-electron chi connectivity index (χ1n) is 10.3. The van der Waals surface area contributed by atoms with Crippen molar-refractivity contribution < 1.29 is 18.8 Å². The van der Waals surface area contributed by atoms with E-state index in [0.717, 1.165) is 11.3 Å². The molecule has 1 atom stereocenters. The van der Waals surface area contributed by atoms with Crippen molar-refractivity contribution in [1.82, 2.24) is 0 Å². The van der Waals surface area contributed by atoms with Crippen molar-refractivity contribution in [2.75, 3.05) is 28.2 Å². The standard InChI is InChI=1S/C24H20ClN3O4/c25-18-2-1-3-20(12-18)28-13-17(11-22(28)29)23(30)26-19-4-5-21-15(10-19)6-8-27(21)24(31)16-7-9-32-14-16/h1-5,7,9-10,12,14,17H,6,8,11,13H2,(H,26,30). The molecule has 1 aromatic heterocycles. The van der Waals surface area contributed by atoms with E-state index in [1.54, 1.807) is 46.2 Å². The Morgan fingerprint density at radius 3 is 2.78 bits per heavy atom. The number of halogens is 1. The molecule has 8 heteroatoms. The van der Waals surface area contributed by atoms with Crippen LogP contribution in [0.2, 0.25) is 5.02 Å². The normalized spacial score (nSPS) is 17.5. The summed E-state index contributed by atoms with van der Waals surface area (Å²) in [6, 6.07) is 14.2. The molecule has 3 heterocycles. The third-order valence-corrected chi connectivity index (χ3v) is 6.11. The molecule has 32 heavy (non-hydrogen) atoms. The van der Waals surface area contributed by atoms with Crippen molar-refractivity contribution in [2.45, 2.75) is 12.8 Å². The maximum Gasteiger partial charge on any atom is 0.261 e. The van der Waals surface area contributed by atoms with Crippen molar-refractivity contribution in [2.24, 2.45) is 5.92 Å². The van der Waals surface area contributed by atoms with E-state index in [1.165, 1.54) is 12.5 Å². The van der Waals surface area contributed by atoms with Crippen LogP contribution in [0.1, 0.15) is 22.3 Å². The predicted molar refractivity (Wildman–Crippen MR) is 121 cm³/mol. The summed E-state index contributed by atoms with van der Waals surface area (Å²) in [6.07, 6.45) is 3.76. The van der Waals surface area contributed by atoms with Gasteiger partial charge in [0.15, 0.2) is 0 Å². The van der Waals surface area contributed by atoms with Crippen molar-refractivity contribution in [1.29, 1.82) is 0 Å². The van der Waals surface area contributed by atoms with Crippen LogP contribution in [0, 0.1) is 5.92 Å². The highest BCUT2D eigenvalue weighted by atomic mass is 35.5. The minimum atomic E-state index is -0.450. The number of anilines is 3. The lowest BCUT2D eigenvalue weighted by Gasteiger charge is -2.18. The monoisotopic (exact) mass is 449 g/mol. The van der Waals surface area contributed by atoms with Gasteiger partial charge < -0.3 is 19.5 Å². The van der Waals surface area contributed by atoms with Gasteiger partial charge in [-0.3, -0.25) is 14.4 Å². The van der Waals surface area contributed by atoms with Gasteiger partial charge in [0.2, 0.25) is 11.8 Å². The fraction of sp³-hybridized carbons (Fsp3) is 0.208. The summed E-state index contributed by atoms with van der Waals surface area (Å²) in [5.74, 6) is -0.865.